The van der Waals surface area contributed by atoms with Crippen LogP contribution in [0.5, 0.6) is 0 Å². The van der Waals surface area contributed by atoms with Crippen LogP contribution >= 0.6 is 0 Å². The first-order chi connectivity index (χ1) is 10.0. The van der Waals surface area contributed by atoms with E-state index in [-0.39, 0.29) is 12.6 Å². The van der Waals surface area contributed by atoms with Crippen LogP contribution in [0.2, 0.25) is 0 Å². The summed E-state index contributed by atoms with van der Waals surface area (Å²) in [6.07, 6.45) is 5.33. The summed E-state index contributed by atoms with van der Waals surface area (Å²) in [7, 11) is 0. The lowest BCUT2D eigenvalue weighted by Gasteiger charge is -2.46. The molecule has 4 nitrogen and oxygen atoms in total. The van der Waals surface area contributed by atoms with Gasteiger partial charge in [0.1, 0.15) is 0 Å². The van der Waals surface area contributed by atoms with E-state index in [2.05, 4.69) is 31.0 Å². The summed E-state index contributed by atoms with van der Waals surface area (Å²) in [6.45, 7) is 11.7. The van der Waals surface area contributed by atoms with Gasteiger partial charge in [0.05, 0.1) is 25.9 Å². The lowest BCUT2D eigenvalue weighted by molar-refractivity contribution is -0.0526. The first kappa shape index (κ1) is 17.2. The number of ether oxygens (including phenoxy) is 1. The van der Waals surface area contributed by atoms with E-state index >= 15 is 0 Å². The van der Waals surface area contributed by atoms with Crippen LogP contribution < -0.4 is 5.32 Å². The van der Waals surface area contributed by atoms with Gasteiger partial charge in [-0.05, 0) is 24.2 Å². The van der Waals surface area contributed by atoms with Crippen LogP contribution in [-0.2, 0) is 4.74 Å². The molecule has 0 spiro atoms. The van der Waals surface area contributed by atoms with Crippen molar-refractivity contribution in [2.75, 3.05) is 39.5 Å². The van der Waals surface area contributed by atoms with Gasteiger partial charge in [-0.1, -0.05) is 33.6 Å². The molecule has 2 fully saturated rings. The summed E-state index contributed by atoms with van der Waals surface area (Å²) in [6, 6.07) is 0.726. The van der Waals surface area contributed by atoms with Gasteiger partial charge < -0.3 is 15.2 Å². The lowest BCUT2D eigenvalue weighted by Crippen LogP contribution is -2.55. The number of aliphatic hydroxyl groups excluding tert-OH is 1. The zero-order chi connectivity index (χ0) is 15.3. The van der Waals surface area contributed by atoms with Crippen molar-refractivity contribution in [3.63, 3.8) is 0 Å². The number of hydrogen-bond acceptors (Lipinski definition) is 4. The normalized spacial score (nSPS) is 35.3. The largest absolute Gasteiger partial charge is 0.395 e. The van der Waals surface area contributed by atoms with Crippen LogP contribution in [0.1, 0.15) is 46.5 Å². The number of nitrogens with one attached hydrogen (secondary N) is 1. The fourth-order valence-electron chi connectivity index (χ4n) is 4.05. The van der Waals surface area contributed by atoms with Gasteiger partial charge in [0.25, 0.3) is 0 Å². The summed E-state index contributed by atoms with van der Waals surface area (Å²) in [5.41, 5.74) is 0.368. The molecule has 2 rings (SSSR count). The van der Waals surface area contributed by atoms with Crippen molar-refractivity contribution in [2.45, 2.75) is 58.5 Å². The highest BCUT2D eigenvalue weighted by molar-refractivity contribution is 4.92. The predicted octanol–water partition coefficient (Wildman–Crippen LogP) is 1.87. The molecular formula is C17H34N2O2. The third-order valence-corrected chi connectivity index (χ3v) is 5.17. The van der Waals surface area contributed by atoms with Crippen molar-refractivity contribution < 1.29 is 9.84 Å². The molecule has 124 valence electrons. The predicted molar refractivity (Wildman–Crippen MR) is 86.5 cm³/mol. The third-order valence-electron chi connectivity index (χ3n) is 5.17. The minimum atomic E-state index is 0.187. The number of rotatable bonds is 6. The molecule has 1 aliphatic heterocycles. The molecule has 1 saturated carbocycles. The Bertz CT molecular complexity index is 311. The van der Waals surface area contributed by atoms with Gasteiger partial charge in [0.15, 0.2) is 0 Å². The molecule has 1 heterocycles. The Morgan fingerprint density at radius 2 is 2.24 bits per heavy atom. The smallest absolute Gasteiger partial charge is 0.0644 e. The minimum absolute atomic E-state index is 0.187. The van der Waals surface area contributed by atoms with E-state index in [9.17, 15) is 5.11 Å². The molecule has 0 radical (unpaired) electrons. The Morgan fingerprint density at radius 1 is 1.43 bits per heavy atom. The molecule has 0 amide bonds. The molecule has 1 aliphatic carbocycles. The molecule has 0 aromatic heterocycles. The maximum absolute atomic E-state index is 9.61. The van der Waals surface area contributed by atoms with Gasteiger partial charge in [0, 0.05) is 25.7 Å². The topological polar surface area (TPSA) is 44.7 Å². The fraction of sp³-hybridized carbons (Fsp3) is 1.00. The minimum Gasteiger partial charge on any atom is -0.395 e. The highest BCUT2D eigenvalue weighted by atomic mass is 16.5. The second-order valence-corrected chi connectivity index (χ2v) is 7.62. The Kier molecular flexibility index (Phi) is 6.48. The van der Waals surface area contributed by atoms with Crippen LogP contribution in [0.3, 0.4) is 0 Å². The second kappa shape index (κ2) is 7.91. The standard InChI is InChI=1S/C17H34N2O2/c1-14(2)18-12-17(6-4-5-15(3)9-17)13-19-7-8-21-11-16(19)10-20/h14-16,18,20H,4-13H2,1-3H3. The zero-order valence-corrected chi connectivity index (χ0v) is 14.1. The average Bonchev–Trinajstić information content (AvgIpc) is 2.46. The van der Waals surface area contributed by atoms with E-state index in [4.69, 9.17) is 4.74 Å². The number of hydrogen-bond donors (Lipinski definition) is 2. The molecule has 21 heavy (non-hydrogen) atoms. The van der Waals surface area contributed by atoms with Gasteiger partial charge in [-0.2, -0.15) is 0 Å². The molecule has 2 aliphatic rings. The highest BCUT2D eigenvalue weighted by Crippen LogP contribution is 2.40. The molecule has 1 saturated heterocycles. The van der Waals surface area contributed by atoms with E-state index < -0.39 is 0 Å². The molecule has 4 heteroatoms. The van der Waals surface area contributed by atoms with E-state index in [1.165, 1.54) is 25.7 Å². The van der Waals surface area contributed by atoms with Crippen LogP contribution in [0, 0.1) is 11.3 Å². The van der Waals surface area contributed by atoms with Gasteiger partial charge >= 0.3 is 0 Å². The average molecular weight is 298 g/mol. The first-order valence-electron chi connectivity index (χ1n) is 8.71. The van der Waals surface area contributed by atoms with Crippen molar-refractivity contribution in [3.05, 3.63) is 0 Å². The van der Waals surface area contributed by atoms with Crippen molar-refractivity contribution in [1.82, 2.24) is 10.2 Å². The maximum atomic E-state index is 9.61. The summed E-state index contributed by atoms with van der Waals surface area (Å²) in [5.74, 6) is 0.821. The van der Waals surface area contributed by atoms with E-state index in [1.807, 2.05) is 0 Å². The maximum Gasteiger partial charge on any atom is 0.0644 e. The van der Waals surface area contributed by atoms with Crippen LogP contribution in [-0.4, -0.2) is 61.5 Å². The SMILES string of the molecule is CC1CCCC(CNC(C)C)(CN2CCOCC2CO)C1. The third kappa shape index (κ3) is 4.92. The van der Waals surface area contributed by atoms with Crippen molar-refractivity contribution >= 4 is 0 Å². The Balaban J connectivity index is 2.03. The van der Waals surface area contributed by atoms with Gasteiger partial charge in [-0.25, -0.2) is 0 Å². The molecule has 0 aromatic carbocycles. The second-order valence-electron chi connectivity index (χ2n) is 7.62. The van der Waals surface area contributed by atoms with E-state index in [0.717, 1.165) is 32.2 Å². The monoisotopic (exact) mass is 298 g/mol. The molecular weight excluding hydrogens is 264 g/mol. The number of morpholine rings is 1. The Labute approximate surface area is 130 Å². The van der Waals surface area contributed by atoms with Gasteiger partial charge in [-0.15, -0.1) is 0 Å². The molecule has 3 atom stereocenters. The Hall–Kier alpha value is -0.160. The van der Waals surface area contributed by atoms with Crippen molar-refractivity contribution in [3.8, 4) is 0 Å². The lowest BCUT2D eigenvalue weighted by atomic mass is 9.69. The van der Waals surface area contributed by atoms with Crippen molar-refractivity contribution in [1.29, 1.82) is 0 Å². The van der Waals surface area contributed by atoms with Crippen LogP contribution in [0.25, 0.3) is 0 Å². The molecule has 0 bridgehead atoms. The van der Waals surface area contributed by atoms with Crippen LogP contribution in [0.4, 0.5) is 0 Å². The van der Waals surface area contributed by atoms with Crippen LogP contribution in [0.15, 0.2) is 0 Å². The fourth-order valence-corrected chi connectivity index (χ4v) is 4.05. The van der Waals surface area contributed by atoms with Gasteiger partial charge in [0.2, 0.25) is 0 Å². The number of nitrogens with zero attached hydrogens (tertiary/aromatic N) is 1. The first-order valence-corrected chi connectivity index (χ1v) is 8.71. The highest BCUT2D eigenvalue weighted by Gasteiger charge is 2.38. The summed E-state index contributed by atoms with van der Waals surface area (Å²) in [5, 5.41) is 13.3. The van der Waals surface area contributed by atoms with Crippen molar-refractivity contribution in [2.24, 2.45) is 11.3 Å². The van der Waals surface area contributed by atoms with Gasteiger partial charge in [-0.3, -0.25) is 4.90 Å². The summed E-state index contributed by atoms with van der Waals surface area (Å²) >= 11 is 0. The summed E-state index contributed by atoms with van der Waals surface area (Å²) in [4.78, 5) is 2.48. The molecule has 3 unspecified atom stereocenters. The number of aliphatic hydroxyl groups is 1. The molecule has 0 aromatic rings. The quantitative estimate of drug-likeness (QED) is 0.786. The van der Waals surface area contributed by atoms with E-state index in [0.29, 0.717) is 18.1 Å². The van der Waals surface area contributed by atoms with E-state index in [1.54, 1.807) is 0 Å². The Morgan fingerprint density at radius 3 is 2.90 bits per heavy atom. The zero-order valence-electron chi connectivity index (χ0n) is 14.1. The summed E-state index contributed by atoms with van der Waals surface area (Å²) < 4.78 is 5.53. The molecule has 2 N–H and O–H groups in total.